The lowest BCUT2D eigenvalue weighted by atomic mass is 9.96. The van der Waals surface area contributed by atoms with Crippen molar-refractivity contribution in [3.8, 4) is 0 Å². The zero-order valence-electron chi connectivity index (χ0n) is 9.93. The van der Waals surface area contributed by atoms with E-state index in [1.807, 2.05) is 30.3 Å². The first kappa shape index (κ1) is 13.7. The number of aliphatic hydroxyl groups is 1. The molecule has 1 amide bonds. The third kappa shape index (κ3) is 4.97. The third-order valence-corrected chi connectivity index (χ3v) is 2.67. The molecule has 0 heterocycles. The van der Waals surface area contributed by atoms with E-state index in [-0.39, 0.29) is 18.4 Å². The smallest absolute Gasteiger partial charge is 0.221 e. The van der Waals surface area contributed by atoms with E-state index < -0.39 is 0 Å². The molecule has 0 radical (unpaired) electrons. The Labute approximate surface area is 102 Å². The number of benzene rings is 1. The van der Waals surface area contributed by atoms with Crippen LogP contribution in [0.25, 0.3) is 0 Å². The van der Waals surface area contributed by atoms with E-state index >= 15 is 0 Å². The minimum absolute atomic E-state index is 0.0358. The number of aliphatic hydroxyl groups excluding tert-OH is 1. The van der Waals surface area contributed by atoms with E-state index in [1.54, 1.807) is 0 Å². The summed E-state index contributed by atoms with van der Waals surface area (Å²) in [6.07, 6.45) is 0.994. The molecule has 0 spiro atoms. The first-order valence-electron chi connectivity index (χ1n) is 5.90. The summed E-state index contributed by atoms with van der Waals surface area (Å²) in [5.41, 5.74) is 6.44. The molecule has 0 saturated heterocycles. The molecule has 0 bridgehead atoms. The second kappa shape index (κ2) is 7.81. The van der Waals surface area contributed by atoms with Crippen molar-refractivity contribution in [2.24, 2.45) is 5.73 Å². The maximum atomic E-state index is 11.3. The average Bonchev–Trinajstić information content (AvgIpc) is 2.36. The van der Waals surface area contributed by atoms with Gasteiger partial charge in [0.1, 0.15) is 0 Å². The van der Waals surface area contributed by atoms with Crippen LogP contribution in [0, 0.1) is 0 Å². The minimum atomic E-state index is -0.0358. The summed E-state index contributed by atoms with van der Waals surface area (Å²) in [4.78, 5) is 11.3. The van der Waals surface area contributed by atoms with Gasteiger partial charge < -0.3 is 16.2 Å². The summed E-state index contributed by atoms with van der Waals surface area (Å²) in [7, 11) is 0. The second-order valence-corrected chi connectivity index (χ2v) is 3.96. The Morgan fingerprint density at radius 1 is 1.35 bits per heavy atom. The summed E-state index contributed by atoms with van der Waals surface area (Å²) < 4.78 is 0. The molecule has 0 saturated carbocycles. The molecule has 17 heavy (non-hydrogen) atoms. The van der Waals surface area contributed by atoms with Gasteiger partial charge in [0.2, 0.25) is 5.91 Å². The van der Waals surface area contributed by atoms with Gasteiger partial charge in [0, 0.05) is 32.0 Å². The quantitative estimate of drug-likeness (QED) is 0.649. The Morgan fingerprint density at radius 2 is 2.06 bits per heavy atom. The number of amides is 1. The zero-order chi connectivity index (χ0) is 12.5. The highest BCUT2D eigenvalue weighted by Gasteiger charge is 2.11. The first-order valence-corrected chi connectivity index (χ1v) is 5.90. The molecule has 1 aromatic rings. The van der Waals surface area contributed by atoms with Gasteiger partial charge in [-0.1, -0.05) is 30.3 Å². The number of rotatable bonds is 7. The molecule has 1 atom stereocenters. The third-order valence-electron chi connectivity index (χ3n) is 2.67. The fourth-order valence-corrected chi connectivity index (χ4v) is 1.72. The summed E-state index contributed by atoms with van der Waals surface area (Å²) in [6.45, 7) is 1.03. The lowest BCUT2D eigenvalue weighted by Crippen LogP contribution is -2.30. The maximum absolute atomic E-state index is 11.3. The lowest BCUT2D eigenvalue weighted by Gasteiger charge is -2.17. The monoisotopic (exact) mass is 236 g/mol. The predicted octanol–water partition coefficient (Wildman–Crippen LogP) is 0.618. The average molecular weight is 236 g/mol. The van der Waals surface area contributed by atoms with Crippen LogP contribution in [0.3, 0.4) is 0 Å². The van der Waals surface area contributed by atoms with Crippen molar-refractivity contribution >= 4 is 5.91 Å². The normalized spacial score (nSPS) is 12.1. The number of hydrogen-bond donors (Lipinski definition) is 3. The largest absolute Gasteiger partial charge is 0.396 e. The van der Waals surface area contributed by atoms with Crippen molar-refractivity contribution in [3.63, 3.8) is 0 Å². The number of carbonyl (C=O) groups is 1. The highest BCUT2D eigenvalue weighted by molar-refractivity contribution is 5.76. The van der Waals surface area contributed by atoms with Gasteiger partial charge in [0.05, 0.1) is 0 Å². The Bertz CT molecular complexity index is 327. The summed E-state index contributed by atoms with van der Waals surface area (Å²) in [6, 6.07) is 9.89. The van der Waals surface area contributed by atoms with E-state index in [0.29, 0.717) is 25.9 Å². The van der Waals surface area contributed by atoms with Gasteiger partial charge in [-0.15, -0.1) is 0 Å². The van der Waals surface area contributed by atoms with Gasteiger partial charge in [-0.2, -0.15) is 0 Å². The summed E-state index contributed by atoms with van der Waals surface area (Å²) in [5, 5.41) is 11.9. The van der Waals surface area contributed by atoms with Crippen LogP contribution in [-0.2, 0) is 4.79 Å². The Morgan fingerprint density at radius 3 is 2.65 bits per heavy atom. The van der Waals surface area contributed by atoms with E-state index in [4.69, 9.17) is 10.8 Å². The van der Waals surface area contributed by atoms with Crippen LogP contribution in [0.4, 0.5) is 0 Å². The standard InChI is InChI=1S/C13H20N2O2/c14-8-6-13(17)15-10-12(7-9-16)11-4-2-1-3-5-11/h1-5,12,16H,6-10,14H2,(H,15,17). The van der Waals surface area contributed by atoms with Crippen molar-refractivity contribution in [3.05, 3.63) is 35.9 Å². The van der Waals surface area contributed by atoms with Crippen LogP contribution in [0.5, 0.6) is 0 Å². The van der Waals surface area contributed by atoms with Crippen molar-refractivity contribution < 1.29 is 9.90 Å². The molecular weight excluding hydrogens is 216 g/mol. The maximum Gasteiger partial charge on any atom is 0.221 e. The summed E-state index contributed by atoms with van der Waals surface area (Å²) >= 11 is 0. The van der Waals surface area contributed by atoms with Crippen LogP contribution in [0.15, 0.2) is 30.3 Å². The molecule has 0 aromatic heterocycles. The van der Waals surface area contributed by atoms with Crippen molar-refractivity contribution in [2.45, 2.75) is 18.8 Å². The van der Waals surface area contributed by atoms with Crippen LogP contribution in [0.1, 0.15) is 24.3 Å². The van der Waals surface area contributed by atoms with Gasteiger partial charge in [-0.05, 0) is 12.0 Å². The first-order chi connectivity index (χ1) is 8.27. The van der Waals surface area contributed by atoms with Crippen molar-refractivity contribution in [1.82, 2.24) is 5.32 Å². The van der Waals surface area contributed by atoms with Gasteiger partial charge in [-0.25, -0.2) is 0 Å². The number of nitrogens with one attached hydrogen (secondary N) is 1. The molecule has 4 heteroatoms. The van der Waals surface area contributed by atoms with Gasteiger partial charge >= 0.3 is 0 Å². The molecule has 0 fully saturated rings. The molecule has 4 N–H and O–H groups in total. The molecule has 0 aliphatic heterocycles. The number of hydrogen-bond acceptors (Lipinski definition) is 3. The fraction of sp³-hybridized carbons (Fsp3) is 0.462. The molecule has 1 rings (SSSR count). The zero-order valence-corrected chi connectivity index (χ0v) is 9.93. The van der Waals surface area contributed by atoms with E-state index in [1.165, 1.54) is 0 Å². The number of carbonyl (C=O) groups excluding carboxylic acids is 1. The molecular formula is C13H20N2O2. The molecule has 4 nitrogen and oxygen atoms in total. The highest BCUT2D eigenvalue weighted by atomic mass is 16.3. The van der Waals surface area contributed by atoms with E-state index in [2.05, 4.69) is 5.32 Å². The number of nitrogens with two attached hydrogens (primary N) is 1. The van der Waals surface area contributed by atoms with Crippen molar-refractivity contribution in [2.75, 3.05) is 19.7 Å². The van der Waals surface area contributed by atoms with Crippen LogP contribution >= 0.6 is 0 Å². The van der Waals surface area contributed by atoms with Gasteiger partial charge in [0.15, 0.2) is 0 Å². The van der Waals surface area contributed by atoms with E-state index in [0.717, 1.165) is 5.56 Å². The Kier molecular flexibility index (Phi) is 6.29. The fourth-order valence-electron chi connectivity index (χ4n) is 1.72. The topological polar surface area (TPSA) is 75.4 Å². The SMILES string of the molecule is NCCC(=O)NCC(CCO)c1ccccc1. The molecule has 0 aliphatic carbocycles. The van der Waals surface area contributed by atoms with Crippen LogP contribution < -0.4 is 11.1 Å². The lowest BCUT2D eigenvalue weighted by molar-refractivity contribution is -0.120. The molecule has 1 aromatic carbocycles. The van der Waals surface area contributed by atoms with Gasteiger partial charge in [-0.3, -0.25) is 4.79 Å². The highest BCUT2D eigenvalue weighted by Crippen LogP contribution is 2.17. The van der Waals surface area contributed by atoms with Crippen molar-refractivity contribution in [1.29, 1.82) is 0 Å². The predicted molar refractivity (Wildman–Crippen MR) is 67.6 cm³/mol. The molecule has 94 valence electrons. The Balaban J connectivity index is 2.52. The van der Waals surface area contributed by atoms with Crippen LogP contribution in [0.2, 0.25) is 0 Å². The molecule has 0 aliphatic rings. The second-order valence-electron chi connectivity index (χ2n) is 3.96. The van der Waals surface area contributed by atoms with Crippen LogP contribution in [-0.4, -0.2) is 30.7 Å². The summed E-state index contributed by atoms with van der Waals surface area (Å²) in [5.74, 6) is 0.120. The molecule has 1 unspecified atom stereocenters. The minimum Gasteiger partial charge on any atom is -0.396 e. The Hall–Kier alpha value is -1.39. The van der Waals surface area contributed by atoms with E-state index in [9.17, 15) is 4.79 Å². The van der Waals surface area contributed by atoms with Gasteiger partial charge in [0.25, 0.3) is 0 Å².